The predicted molar refractivity (Wildman–Crippen MR) is 46.4 cm³/mol. The van der Waals surface area contributed by atoms with Crippen LogP contribution in [-0.4, -0.2) is 9.78 Å². The summed E-state index contributed by atoms with van der Waals surface area (Å²) < 4.78 is 26.0. The van der Waals surface area contributed by atoms with E-state index in [0.717, 1.165) is 0 Å². The molecule has 0 aliphatic heterocycles. The molecule has 13 heavy (non-hydrogen) atoms. The molecule has 5 heteroatoms. The molecular formula is C8H6F2N2S. The third kappa shape index (κ3) is 1.47. The van der Waals surface area contributed by atoms with Crippen LogP contribution in [-0.2, 0) is 0 Å². The molecule has 68 valence electrons. The van der Waals surface area contributed by atoms with Crippen molar-refractivity contribution in [1.82, 2.24) is 9.78 Å². The first-order valence-electron chi connectivity index (χ1n) is 3.63. The summed E-state index contributed by atoms with van der Waals surface area (Å²) in [5, 5.41) is 7.43. The van der Waals surface area contributed by atoms with Crippen LogP contribution >= 0.6 is 11.3 Å². The Bertz CT molecular complexity index is 381. The van der Waals surface area contributed by atoms with Crippen molar-refractivity contribution in [1.29, 1.82) is 0 Å². The lowest BCUT2D eigenvalue weighted by Crippen LogP contribution is -2.00. The fourth-order valence-corrected chi connectivity index (χ4v) is 1.69. The minimum Gasteiger partial charge on any atom is -0.231 e. The Kier molecular flexibility index (Phi) is 2.10. The SMILES string of the molecule is FC(F)c1ccnn1-c1ccsc1. The van der Waals surface area contributed by atoms with Gasteiger partial charge in [-0.25, -0.2) is 13.5 Å². The van der Waals surface area contributed by atoms with Gasteiger partial charge in [0, 0.05) is 11.6 Å². The number of thiophene rings is 1. The van der Waals surface area contributed by atoms with E-state index in [4.69, 9.17) is 0 Å². The molecule has 0 radical (unpaired) electrons. The predicted octanol–water partition coefficient (Wildman–Crippen LogP) is 2.87. The van der Waals surface area contributed by atoms with Crippen LogP contribution in [0.4, 0.5) is 8.78 Å². The van der Waals surface area contributed by atoms with Crippen molar-refractivity contribution in [2.24, 2.45) is 0 Å². The minimum absolute atomic E-state index is 0.0709. The molecule has 0 N–H and O–H groups in total. The standard InChI is InChI=1S/C8H6F2N2S/c9-8(10)7-1-3-11-12(7)6-2-4-13-5-6/h1-5,8H. The zero-order valence-corrected chi connectivity index (χ0v) is 7.34. The number of hydrogen-bond acceptors (Lipinski definition) is 2. The average Bonchev–Trinajstić information content (AvgIpc) is 2.74. The molecule has 2 heterocycles. The van der Waals surface area contributed by atoms with Gasteiger partial charge in [-0.3, -0.25) is 0 Å². The normalized spacial score (nSPS) is 11.0. The van der Waals surface area contributed by atoms with Crippen LogP contribution < -0.4 is 0 Å². The van der Waals surface area contributed by atoms with Gasteiger partial charge in [-0.05, 0) is 17.5 Å². The highest BCUT2D eigenvalue weighted by atomic mass is 32.1. The van der Waals surface area contributed by atoms with E-state index in [1.807, 2.05) is 5.38 Å². The summed E-state index contributed by atoms with van der Waals surface area (Å²) in [7, 11) is 0. The van der Waals surface area contributed by atoms with Crippen molar-refractivity contribution in [2.75, 3.05) is 0 Å². The highest BCUT2D eigenvalue weighted by molar-refractivity contribution is 7.08. The summed E-state index contributed by atoms with van der Waals surface area (Å²) >= 11 is 1.45. The van der Waals surface area contributed by atoms with E-state index in [0.29, 0.717) is 5.69 Å². The van der Waals surface area contributed by atoms with E-state index in [2.05, 4.69) is 5.10 Å². The maximum atomic E-state index is 12.4. The van der Waals surface area contributed by atoms with Gasteiger partial charge in [-0.1, -0.05) is 0 Å². The molecule has 2 aromatic heterocycles. The van der Waals surface area contributed by atoms with Gasteiger partial charge in [-0.15, -0.1) is 0 Å². The van der Waals surface area contributed by atoms with Gasteiger partial charge in [0.2, 0.25) is 0 Å². The fourth-order valence-electron chi connectivity index (χ4n) is 1.07. The molecule has 2 rings (SSSR count). The first-order chi connectivity index (χ1) is 6.29. The van der Waals surface area contributed by atoms with E-state index >= 15 is 0 Å². The first kappa shape index (κ1) is 8.37. The Balaban J connectivity index is 2.46. The maximum absolute atomic E-state index is 12.4. The molecule has 0 amide bonds. The molecule has 0 aromatic carbocycles. The highest BCUT2D eigenvalue weighted by Gasteiger charge is 2.14. The highest BCUT2D eigenvalue weighted by Crippen LogP contribution is 2.22. The zero-order chi connectivity index (χ0) is 9.26. The Morgan fingerprint density at radius 1 is 1.38 bits per heavy atom. The number of rotatable bonds is 2. The van der Waals surface area contributed by atoms with E-state index in [1.165, 1.54) is 28.3 Å². The van der Waals surface area contributed by atoms with Gasteiger partial charge < -0.3 is 0 Å². The summed E-state index contributed by atoms with van der Waals surface area (Å²) in [5.74, 6) is 0. The van der Waals surface area contributed by atoms with Gasteiger partial charge in [0.25, 0.3) is 6.43 Å². The smallest absolute Gasteiger partial charge is 0.231 e. The van der Waals surface area contributed by atoms with Crippen LogP contribution in [0.3, 0.4) is 0 Å². The molecule has 0 atom stereocenters. The second-order valence-electron chi connectivity index (χ2n) is 2.45. The van der Waals surface area contributed by atoms with E-state index in [9.17, 15) is 8.78 Å². The Morgan fingerprint density at radius 2 is 2.23 bits per heavy atom. The van der Waals surface area contributed by atoms with Crippen molar-refractivity contribution < 1.29 is 8.78 Å². The summed E-state index contributed by atoms with van der Waals surface area (Å²) in [4.78, 5) is 0. The van der Waals surface area contributed by atoms with Gasteiger partial charge in [-0.2, -0.15) is 16.4 Å². The average molecular weight is 200 g/mol. The third-order valence-corrected chi connectivity index (χ3v) is 2.32. The number of aromatic nitrogens is 2. The van der Waals surface area contributed by atoms with Crippen molar-refractivity contribution >= 4 is 11.3 Å². The van der Waals surface area contributed by atoms with Crippen LogP contribution in [0.15, 0.2) is 29.1 Å². The Morgan fingerprint density at radius 3 is 2.85 bits per heavy atom. The van der Waals surface area contributed by atoms with E-state index in [1.54, 1.807) is 11.4 Å². The zero-order valence-electron chi connectivity index (χ0n) is 6.52. The number of nitrogens with zero attached hydrogens (tertiary/aromatic N) is 2. The summed E-state index contributed by atoms with van der Waals surface area (Å²) in [6.45, 7) is 0. The van der Waals surface area contributed by atoms with Crippen LogP contribution in [0.25, 0.3) is 5.69 Å². The van der Waals surface area contributed by atoms with Crippen LogP contribution in [0.2, 0.25) is 0 Å². The number of alkyl halides is 2. The summed E-state index contributed by atoms with van der Waals surface area (Å²) in [6, 6.07) is 3.08. The van der Waals surface area contributed by atoms with Crippen LogP contribution in [0.1, 0.15) is 12.1 Å². The lowest BCUT2D eigenvalue weighted by Gasteiger charge is -2.02. The largest absolute Gasteiger partial charge is 0.280 e. The van der Waals surface area contributed by atoms with Gasteiger partial charge in [0.1, 0.15) is 5.69 Å². The van der Waals surface area contributed by atoms with Crippen molar-refractivity contribution in [3.63, 3.8) is 0 Å². The molecule has 0 bridgehead atoms. The number of halogens is 2. The lowest BCUT2D eigenvalue weighted by molar-refractivity contribution is 0.143. The second-order valence-corrected chi connectivity index (χ2v) is 3.23. The van der Waals surface area contributed by atoms with E-state index < -0.39 is 6.43 Å². The molecule has 0 fully saturated rings. The fraction of sp³-hybridized carbons (Fsp3) is 0.125. The first-order valence-corrected chi connectivity index (χ1v) is 4.58. The lowest BCUT2D eigenvalue weighted by atomic mass is 10.4. The van der Waals surface area contributed by atoms with Crippen LogP contribution in [0.5, 0.6) is 0 Å². The summed E-state index contributed by atoms with van der Waals surface area (Å²) in [6.07, 6.45) is -1.11. The van der Waals surface area contributed by atoms with E-state index in [-0.39, 0.29) is 5.69 Å². The Hall–Kier alpha value is -1.23. The van der Waals surface area contributed by atoms with Crippen molar-refractivity contribution in [2.45, 2.75) is 6.43 Å². The molecular weight excluding hydrogens is 194 g/mol. The maximum Gasteiger partial charge on any atom is 0.280 e. The molecule has 0 unspecified atom stereocenters. The second kappa shape index (κ2) is 3.26. The topological polar surface area (TPSA) is 17.8 Å². The molecule has 0 saturated carbocycles. The molecule has 2 nitrogen and oxygen atoms in total. The van der Waals surface area contributed by atoms with Crippen molar-refractivity contribution in [3.8, 4) is 5.69 Å². The molecule has 0 saturated heterocycles. The Labute approximate surface area is 77.4 Å². The number of hydrogen-bond donors (Lipinski definition) is 0. The molecule has 0 spiro atoms. The third-order valence-electron chi connectivity index (χ3n) is 1.65. The minimum atomic E-state index is -2.48. The van der Waals surface area contributed by atoms with Gasteiger partial charge >= 0.3 is 0 Å². The molecule has 0 aliphatic rings. The monoisotopic (exact) mass is 200 g/mol. The van der Waals surface area contributed by atoms with Gasteiger partial charge in [0.15, 0.2) is 0 Å². The molecule has 0 aliphatic carbocycles. The molecule has 2 aromatic rings. The van der Waals surface area contributed by atoms with Crippen LogP contribution in [0, 0.1) is 0 Å². The van der Waals surface area contributed by atoms with Crippen molar-refractivity contribution in [3.05, 3.63) is 34.8 Å². The summed E-state index contributed by atoms with van der Waals surface area (Å²) in [5.41, 5.74) is 0.615. The van der Waals surface area contributed by atoms with Gasteiger partial charge in [0.05, 0.1) is 5.69 Å². The quantitative estimate of drug-likeness (QED) is 0.728.